The van der Waals surface area contributed by atoms with Crippen LogP contribution in [0, 0.1) is 6.92 Å². The van der Waals surface area contributed by atoms with Gasteiger partial charge in [-0.15, -0.1) is 0 Å². The summed E-state index contributed by atoms with van der Waals surface area (Å²) in [4.78, 5) is 25.4. The van der Waals surface area contributed by atoms with Crippen LogP contribution < -0.4 is 10.6 Å². The zero-order valence-electron chi connectivity index (χ0n) is 16.6. The molecule has 2 aromatic carbocycles. The minimum absolute atomic E-state index is 0.0383. The van der Waals surface area contributed by atoms with Crippen molar-refractivity contribution in [3.63, 3.8) is 0 Å². The van der Waals surface area contributed by atoms with Crippen molar-refractivity contribution in [3.8, 4) is 0 Å². The number of carbonyl (C=O) groups is 2. The lowest BCUT2D eigenvalue weighted by molar-refractivity contribution is 0.0931. The second-order valence-corrected chi connectivity index (χ2v) is 7.47. The molecular weight excluding hydrogens is 364 g/mol. The summed E-state index contributed by atoms with van der Waals surface area (Å²) in [5.41, 5.74) is 4.79. The van der Waals surface area contributed by atoms with E-state index in [2.05, 4.69) is 15.7 Å². The van der Waals surface area contributed by atoms with Gasteiger partial charge in [0.25, 0.3) is 11.8 Å². The molecule has 1 atom stereocenters. The third-order valence-corrected chi connectivity index (χ3v) is 5.31. The van der Waals surface area contributed by atoms with Gasteiger partial charge >= 0.3 is 0 Å². The molecule has 148 valence electrons. The zero-order valence-corrected chi connectivity index (χ0v) is 16.6. The maximum Gasteiger partial charge on any atom is 0.255 e. The normalized spacial score (nSPS) is 15.4. The van der Waals surface area contributed by atoms with E-state index in [9.17, 15) is 9.59 Å². The molecule has 6 heteroatoms. The first-order chi connectivity index (χ1) is 14.0. The molecule has 0 spiro atoms. The molecule has 0 saturated carbocycles. The number of carbonyl (C=O) groups excluding carboxylic acids is 2. The van der Waals surface area contributed by atoms with Crippen LogP contribution in [0.1, 0.15) is 56.4 Å². The topological polar surface area (TPSA) is 76.0 Å². The number of aromatic nitrogens is 2. The summed E-state index contributed by atoms with van der Waals surface area (Å²) in [5, 5.41) is 10.5. The molecule has 1 aromatic heterocycles. The van der Waals surface area contributed by atoms with Crippen LogP contribution in [0.5, 0.6) is 0 Å². The first-order valence-corrected chi connectivity index (χ1v) is 9.81. The van der Waals surface area contributed by atoms with E-state index in [-0.39, 0.29) is 17.9 Å². The van der Waals surface area contributed by atoms with Crippen LogP contribution in [0.2, 0.25) is 0 Å². The molecular formula is C23H24N4O2. The van der Waals surface area contributed by atoms with Crippen LogP contribution in [0.25, 0.3) is 0 Å². The number of aryl methyl sites for hydroxylation is 3. The number of hydrogen-bond acceptors (Lipinski definition) is 3. The molecule has 0 radical (unpaired) electrons. The maximum absolute atomic E-state index is 12.9. The number of hydrogen-bond donors (Lipinski definition) is 2. The Balaban J connectivity index is 1.51. The van der Waals surface area contributed by atoms with Gasteiger partial charge in [-0.2, -0.15) is 5.10 Å². The van der Waals surface area contributed by atoms with Gasteiger partial charge in [-0.3, -0.25) is 14.3 Å². The average Bonchev–Trinajstić information content (AvgIpc) is 3.11. The number of benzene rings is 2. The maximum atomic E-state index is 12.9. The highest BCUT2D eigenvalue weighted by atomic mass is 16.2. The van der Waals surface area contributed by atoms with Crippen LogP contribution in [0.15, 0.2) is 54.7 Å². The third kappa shape index (κ3) is 4.06. The van der Waals surface area contributed by atoms with Crippen molar-refractivity contribution >= 4 is 17.5 Å². The van der Waals surface area contributed by atoms with E-state index in [4.69, 9.17) is 0 Å². The highest BCUT2D eigenvalue weighted by molar-refractivity contribution is 6.05. The van der Waals surface area contributed by atoms with Crippen LogP contribution in [-0.2, 0) is 13.5 Å². The fourth-order valence-electron chi connectivity index (χ4n) is 3.74. The van der Waals surface area contributed by atoms with Gasteiger partial charge in [-0.05, 0) is 56.0 Å². The molecule has 2 N–H and O–H groups in total. The summed E-state index contributed by atoms with van der Waals surface area (Å²) >= 11 is 0. The van der Waals surface area contributed by atoms with Gasteiger partial charge in [0.05, 0.1) is 11.7 Å². The summed E-state index contributed by atoms with van der Waals surface area (Å²) in [6.07, 6.45) is 4.83. The molecule has 6 nitrogen and oxygen atoms in total. The molecule has 1 aliphatic rings. The average molecular weight is 388 g/mol. The van der Waals surface area contributed by atoms with E-state index >= 15 is 0 Å². The lowest BCUT2D eigenvalue weighted by atomic mass is 9.93. The number of fused-ring (bicyclic) bond motifs is 1. The Hall–Kier alpha value is -3.41. The summed E-state index contributed by atoms with van der Waals surface area (Å²) in [7, 11) is 1.90. The van der Waals surface area contributed by atoms with Crippen molar-refractivity contribution < 1.29 is 9.59 Å². The van der Waals surface area contributed by atoms with Crippen molar-refractivity contribution in [2.24, 2.45) is 7.05 Å². The third-order valence-electron chi connectivity index (χ3n) is 5.31. The lowest BCUT2D eigenvalue weighted by Crippen LogP contribution is -2.30. The second-order valence-electron chi connectivity index (χ2n) is 7.47. The largest absolute Gasteiger partial charge is 0.345 e. The van der Waals surface area contributed by atoms with Crippen molar-refractivity contribution in [2.75, 3.05) is 5.32 Å². The summed E-state index contributed by atoms with van der Waals surface area (Å²) < 4.78 is 1.80. The quantitative estimate of drug-likeness (QED) is 0.714. The van der Waals surface area contributed by atoms with Crippen LogP contribution >= 0.6 is 0 Å². The van der Waals surface area contributed by atoms with Crippen LogP contribution in [0.4, 0.5) is 5.69 Å². The van der Waals surface area contributed by atoms with Gasteiger partial charge in [-0.1, -0.05) is 24.3 Å². The Morgan fingerprint density at radius 2 is 1.86 bits per heavy atom. The molecule has 3 aromatic rings. The van der Waals surface area contributed by atoms with Gasteiger partial charge in [-0.25, -0.2) is 0 Å². The molecule has 4 rings (SSSR count). The fourth-order valence-corrected chi connectivity index (χ4v) is 3.74. The molecule has 0 aliphatic heterocycles. The number of rotatable bonds is 4. The van der Waals surface area contributed by atoms with Gasteiger partial charge in [0, 0.05) is 35.6 Å². The smallest absolute Gasteiger partial charge is 0.255 e. The Kier molecular flexibility index (Phi) is 5.16. The van der Waals surface area contributed by atoms with E-state index in [0.717, 1.165) is 36.1 Å². The summed E-state index contributed by atoms with van der Waals surface area (Å²) in [5.74, 6) is -0.347. The number of anilines is 1. The van der Waals surface area contributed by atoms with Gasteiger partial charge in [0.1, 0.15) is 0 Å². The Morgan fingerprint density at radius 3 is 2.66 bits per heavy atom. The van der Waals surface area contributed by atoms with Crippen molar-refractivity contribution in [1.29, 1.82) is 0 Å². The van der Waals surface area contributed by atoms with E-state index in [1.807, 2.05) is 44.4 Å². The zero-order chi connectivity index (χ0) is 20.4. The Bertz CT molecular complexity index is 1060. The summed E-state index contributed by atoms with van der Waals surface area (Å²) in [6.45, 7) is 1.91. The number of nitrogens with zero attached hydrogens (tertiary/aromatic N) is 2. The second kappa shape index (κ2) is 7.91. The highest BCUT2D eigenvalue weighted by Crippen LogP contribution is 2.29. The van der Waals surface area contributed by atoms with E-state index < -0.39 is 0 Å². The molecule has 2 amide bonds. The monoisotopic (exact) mass is 388 g/mol. The van der Waals surface area contributed by atoms with Crippen molar-refractivity contribution in [3.05, 3.63) is 82.7 Å². The standard InChI is InChI=1S/C23H24N4O2/c1-15-11-12-17(13-21(15)25-22(28)16-7-4-3-5-8-16)23(29)24-19-9-6-10-20-18(19)14-27(2)26-20/h3-5,7-8,11-14,19H,6,9-10H2,1-2H3,(H,24,29)(H,25,28)/t19-/m1/s1. The van der Waals surface area contributed by atoms with E-state index in [0.29, 0.717) is 16.8 Å². The molecule has 1 heterocycles. The predicted molar refractivity (Wildman–Crippen MR) is 112 cm³/mol. The fraction of sp³-hybridized carbons (Fsp3) is 0.261. The predicted octanol–water partition coefficient (Wildman–Crippen LogP) is 3.79. The SMILES string of the molecule is Cc1ccc(C(=O)N[C@@H]2CCCc3nn(C)cc32)cc1NC(=O)c1ccccc1. The van der Waals surface area contributed by atoms with E-state index in [1.165, 1.54) is 0 Å². The minimum atomic E-state index is -0.196. The number of nitrogens with one attached hydrogen (secondary N) is 2. The van der Waals surface area contributed by atoms with Gasteiger partial charge in [0.2, 0.25) is 0 Å². The Morgan fingerprint density at radius 1 is 1.07 bits per heavy atom. The Labute approximate surface area is 169 Å². The molecule has 29 heavy (non-hydrogen) atoms. The highest BCUT2D eigenvalue weighted by Gasteiger charge is 2.25. The summed E-state index contributed by atoms with van der Waals surface area (Å²) in [6, 6.07) is 14.4. The van der Waals surface area contributed by atoms with Gasteiger partial charge in [0.15, 0.2) is 0 Å². The first kappa shape index (κ1) is 18.9. The molecule has 0 saturated heterocycles. The van der Waals surface area contributed by atoms with Crippen LogP contribution in [-0.4, -0.2) is 21.6 Å². The number of amides is 2. The van der Waals surface area contributed by atoms with Crippen molar-refractivity contribution in [1.82, 2.24) is 15.1 Å². The van der Waals surface area contributed by atoms with Crippen LogP contribution in [0.3, 0.4) is 0 Å². The van der Waals surface area contributed by atoms with Crippen molar-refractivity contribution in [2.45, 2.75) is 32.2 Å². The van der Waals surface area contributed by atoms with E-state index in [1.54, 1.807) is 28.9 Å². The molecule has 0 fully saturated rings. The molecule has 1 aliphatic carbocycles. The molecule has 0 unspecified atom stereocenters. The minimum Gasteiger partial charge on any atom is -0.345 e. The lowest BCUT2D eigenvalue weighted by Gasteiger charge is -2.23. The molecule has 0 bridgehead atoms. The first-order valence-electron chi connectivity index (χ1n) is 9.81. The van der Waals surface area contributed by atoms with Gasteiger partial charge < -0.3 is 10.6 Å².